The van der Waals surface area contributed by atoms with Crippen molar-refractivity contribution < 1.29 is 9.84 Å². The monoisotopic (exact) mass is 263 g/mol. The summed E-state index contributed by atoms with van der Waals surface area (Å²) in [5.41, 5.74) is 0.942. The van der Waals surface area contributed by atoms with Gasteiger partial charge < -0.3 is 15.2 Å². The summed E-state index contributed by atoms with van der Waals surface area (Å²) < 4.78 is 5.11. The van der Waals surface area contributed by atoms with Crippen LogP contribution in [-0.4, -0.2) is 25.3 Å². The second kappa shape index (κ2) is 7.51. The molecule has 106 valence electrons. The Labute approximate surface area is 116 Å². The highest BCUT2D eigenvalue weighted by atomic mass is 16.5. The number of methoxy groups -OCH3 is 1. The molecule has 1 aliphatic rings. The van der Waals surface area contributed by atoms with Crippen molar-refractivity contribution in [1.82, 2.24) is 5.32 Å². The molecule has 2 N–H and O–H groups in total. The molecule has 0 radical (unpaired) electrons. The zero-order valence-electron chi connectivity index (χ0n) is 11.8. The minimum absolute atomic E-state index is 0.436. The van der Waals surface area contributed by atoms with E-state index in [1.807, 2.05) is 24.3 Å². The van der Waals surface area contributed by atoms with Gasteiger partial charge in [0.2, 0.25) is 0 Å². The number of aliphatic hydroxyl groups excluding tert-OH is 1. The molecule has 1 saturated carbocycles. The summed E-state index contributed by atoms with van der Waals surface area (Å²) >= 11 is 0. The molecule has 0 bridgehead atoms. The van der Waals surface area contributed by atoms with Crippen LogP contribution in [0.5, 0.6) is 5.75 Å². The second-order valence-corrected chi connectivity index (χ2v) is 5.45. The van der Waals surface area contributed by atoms with Crippen molar-refractivity contribution in [1.29, 1.82) is 0 Å². The van der Waals surface area contributed by atoms with Crippen LogP contribution in [0.1, 0.15) is 43.8 Å². The summed E-state index contributed by atoms with van der Waals surface area (Å²) in [6.07, 6.45) is 6.37. The SMILES string of the molecule is COc1ccc(C(O)CNCC2CCCCC2)cc1. The van der Waals surface area contributed by atoms with Crippen LogP contribution in [0.25, 0.3) is 0 Å². The van der Waals surface area contributed by atoms with Crippen molar-refractivity contribution in [3.05, 3.63) is 29.8 Å². The first kappa shape index (κ1) is 14.4. The summed E-state index contributed by atoms with van der Waals surface area (Å²) in [6, 6.07) is 7.62. The normalized spacial score (nSPS) is 18.2. The van der Waals surface area contributed by atoms with Gasteiger partial charge in [-0.2, -0.15) is 0 Å². The zero-order chi connectivity index (χ0) is 13.5. The van der Waals surface area contributed by atoms with Gasteiger partial charge in [-0.25, -0.2) is 0 Å². The summed E-state index contributed by atoms with van der Waals surface area (Å²) in [5.74, 6) is 1.63. The fourth-order valence-electron chi connectivity index (χ4n) is 2.76. The molecule has 2 rings (SSSR count). The van der Waals surface area contributed by atoms with Crippen LogP contribution >= 0.6 is 0 Å². The van der Waals surface area contributed by atoms with Crippen LogP contribution < -0.4 is 10.1 Å². The Morgan fingerprint density at radius 2 is 1.89 bits per heavy atom. The summed E-state index contributed by atoms with van der Waals surface area (Å²) in [5, 5.41) is 13.5. The van der Waals surface area contributed by atoms with Crippen LogP contribution in [0.4, 0.5) is 0 Å². The van der Waals surface area contributed by atoms with E-state index in [-0.39, 0.29) is 0 Å². The van der Waals surface area contributed by atoms with Crippen molar-refractivity contribution in [2.45, 2.75) is 38.2 Å². The number of aliphatic hydroxyl groups is 1. The second-order valence-electron chi connectivity index (χ2n) is 5.45. The lowest BCUT2D eigenvalue weighted by Crippen LogP contribution is -2.28. The van der Waals surface area contributed by atoms with Crippen LogP contribution in [0.2, 0.25) is 0 Å². The van der Waals surface area contributed by atoms with Crippen molar-refractivity contribution in [3.8, 4) is 5.75 Å². The lowest BCUT2D eigenvalue weighted by molar-refractivity contribution is 0.170. The van der Waals surface area contributed by atoms with Crippen LogP contribution in [-0.2, 0) is 0 Å². The molecular weight excluding hydrogens is 238 g/mol. The van der Waals surface area contributed by atoms with E-state index < -0.39 is 6.10 Å². The van der Waals surface area contributed by atoms with E-state index in [9.17, 15) is 5.11 Å². The maximum Gasteiger partial charge on any atom is 0.118 e. The highest BCUT2D eigenvalue weighted by Crippen LogP contribution is 2.23. The molecule has 0 aromatic heterocycles. The minimum atomic E-state index is -0.436. The zero-order valence-corrected chi connectivity index (χ0v) is 11.8. The molecule has 1 aromatic rings. The topological polar surface area (TPSA) is 41.5 Å². The minimum Gasteiger partial charge on any atom is -0.497 e. The number of hydrogen-bond acceptors (Lipinski definition) is 3. The van der Waals surface area contributed by atoms with Crippen LogP contribution in [0, 0.1) is 5.92 Å². The van der Waals surface area contributed by atoms with Crippen molar-refractivity contribution in [3.63, 3.8) is 0 Å². The lowest BCUT2D eigenvalue weighted by Gasteiger charge is -2.22. The van der Waals surface area contributed by atoms with Gasteiger partial charge in [0.05, 0.1) is 13.2 Å². The van der Waals surface area contributed by atoms with Gasteiger partial charge in [-0.05, 0) is 43.0 Å². The molecular formula is C16H25NO2. The molecule has 3 nitrogen and oxygen atoms in total. The largest absolute Gasteiger partial charge is 0.497 e. The molecule has 1 fully saturated rings. The first-order valence-electron chi connectivity index (χ1n) is 7.32. The van der Waals surface area contributed by atoms with Gasteiger partial charge in [-0.1, -0.05) is 31.4 Å². The van der Waals surface area contributed by atoms with E-state index in [2.05, 4.69) is 5.32 Å². The standard InChI is InChI=1S/C16H25NO2/c1-19-15-9-7-14(8-10-15)16(18)12-17-11-13-5-3-2-4-6-13/h7-10,13,16-18H,2-6,11-12H2,1H3. The average molecular weight is 263 g/mol. The number of ether oxygens (including phenoxy) is 1. The summed E-state index contributed by atoms with van der Waals surface area (Å²) in [6.45, 7) is 1.66. The first-order valence-corrected chi connectivity index (χ1v) is 7.32. The number of benzene rings is 1. The van der Waals surface area contributed by atoms with Crippen LogP contribution in [0.3, 0.4) is 0 Å². The predicted octanol–water partition coefficient (Wildman–Crippen LogP) is 2.90. The molecule has 0 spiro atoms. The maximum absolute atomic E-state index is 10.1. The van der Waals surface area contributed by atoms with Gasteiger partial charge >= 0.3 is 0 Å². The van der Waals surface area contributed by atoms with E-state index >= 15 is 0 Å². The molecule has 19 heavy (non-hydrogen) atoms. The summed E-state index contributed by atoms with van der Waals surface area (Å²) in [7, 11) is 1.65. The first-order chi connectivity index (χ1) is 9.29. The Bertz CT molecular complexity index is 358. The average Bonchev–Trinajstić information content (AvgIpc) is 2.48. The van der Waals surface area contributed by atoms with E-state index in [0.29, 0.717) is 6.54 Å². The Hall–Kier alpha value is -1.06. The molecule has 0 saturated heterocycles. The van der Waals surface area contributed by atoms with Crippen LogP contribution in [0.15, 0.2) is 24.3 Å². The molecule has 3 heteroatoms. The molecule has 1 atom stereocenters. The quantitative estimate of drug-likeness (QED) is 0.829. The van der Waals surface area contributed by atoms with E-state index in [1.54, 1.807) is 7.11 Å². The molecule has 0 amide bonds. The van der Waals surface area contributed by atoms with Crippen molar-refractivity contribution >= 4 is 0 Å². The Morgan fingerprint density at radius 3 is 2.53 bits per heavy atom. The molecule has 0 heterocycles. The van der Waals surface area contributed by atoms with Gasteiger partial charge in [0.1, 0.15) is 5.75 Å². The van der Waals surface area contributed by atoms with Crippen molar-refractivity contribution in [2.75, 3.05) is 20.2 Å². The van der Waals surface area contributed by atoms with Gasteiger partial charge in [-0.3, -0.25) is 0 Å². The van der Waals surface area contributed by atoms with Gasteiger partial charge in [-0.15, -0.1) is 0 Å². The fourth-order valence-corrected chi connectivity index (χ4v) is 2.76. The third-order valence-corrected chi connectivity index (χ3v) is 4.00. The van der Waals surface area contributed by atoms with E-state index in [4.69, 9.17) is 4.74 Å². The third-order valence-electron chi connectivity index (χ3n) is 4.00. The molecule has 1 aliphatic carbocycles. The number of nitrogens with one attached hydrogen (secondary N) is 1. The molecule has 1 unspecified atom stereocenters. The molecule has 0 aliphatic heterocycles. The van der Waals surface area contributed by atoms with E-state index in [1.165, 1.54) is 32.1 Å². The van der Waals surface area contributed by atoms with E-state index in [0.717, 1.165) is 23.8 Å². The maximum atomic E-state index is 10.1. The van der Waals surface area contributed by atoms with Gasteiger partial charge in [0.15, 0.2) is 0 Å². The highest BCUT2D eigenvalue weighted by Gasteiger charge is 2.14. The smallest absolute Gasteiger partial charge is 0.118 e. The highest BCUT2D eigenvalue weighted by molar-refractivity contribution is 5.28. The van der Waals surface area contributed by atoms with Gasteiger partial charge in [0, 0.05) is 6.54 Å². The number of rotatable bonds is 6. The number of hydrogen-bond donors (Lipinski definition) is 2. The lowest BCUT2D eigenvalue weighted by atomic mass is 9.89. The van der Waals surface area contributed by atoms with Gasteiger partial charge in [0.25, 0.3) is 0 Å². The summed E-state index contributed by atoms with van der Waals surface area (Å²) in [4.78, 5) is 0. The Balaban J connectivity index is 1.72. The van der Waals surface area contributed by atoms with Crippen molar-refractivity contribution in [2.24, 2.45) is 5.92 Å². The Morgan fingerprint density at radius 1 is 1.21 bits per heavy atom. The predicted molar refractivity (Wildman–Crippen MR) is 77.4 cm³/mol. The Kier molecular flexibility index (Phi) is 5.67. The molecule has 1 aromatic carbocycles. The fraction of sp³-hybridized carbons (Fsp3) is 0.625. The third kappa shape index (κ3) is 4.51.